The minimum absolute atomic E-state index is 0.146. The first-order chi connectivity index (χ1) is 9.49. The van der Waals surface area contributed by atoms with Crippen molar-refractivity contribution in [2.75, 3.05) is 4.90 Å². The summed E-state index contributed by atoms with van der Waals surface area (Å²) in [6.45, 7) is 6.01. The molecule has 0 aliphatic carbocycles. The fraction of sp³-hybridized carbons (Fsp3) is 0.357. The minimum Gasteiger partial charge on any atom is -0.301 e. The van der Waals surface area contributed by atoms with Crippen molar-refractivity contribution in [1.82, 2.24) is 14.8 Å². The first kappa shape index (κ1) is 14.5. The summed E-state index contributed by atoms with van der Waals surface area (Å²) in [7, 11) is 0. The predicted molar refractivity (Wildman–Crippen MR) is 78.7 cm³/mol. The molecule has 1 heterocycles. The predicted octanol–water partition coefficient (Wildman–Crippen LogP) is 2.51. The zero-order chi connectivity index (χ0) is 14.7. The number of anilines is 1. The summed E-state index contributed by atoms with van der Waals surface area (Å²) in [6.07, 6.45) is 3.14. The summed E-state index contributed by atoms with van der Waals surface area (Å²) in [6, 6.07) is 5.96. The standard InChI is InChI=1S/C14H17ClN4O/c1-10-4-5-13(11(2)6-10)19(14(20)12(3)15)9-18-7-16-17-8-18/h4-8,12H,9H2,1-3H3. The monoisotopic (exact) mass is 292 g/mol. The van der Waals surface area contributed by atoms with E-state index >= 15 is 0 Å². The number of benzene rings is 1. The van der Waals surface area contributed by atoms with Gasteiger partial charge < -0.3 is 4.57 Å². The van der Waals surface area contributed by atoms with E-state index in [2.05, 4.69) is 10.2 Å². The Morgan fingerprint density at radius 2 is 2.00 bits per heavy atom. The number of hydrogen-bond acceptors (Lipinski definition) is 3. The molecule has 1 aromatic carbocycles. The molecule has 0 saturated carbocycles. The average Bonchev–Trinajstić information content (AvgIpc) is 2.88. The number of alkyl halides is 1. The maximum absolute atomic E-state index is 12.3. The first-order valence-electron chi connectivity index (χ1n) is 6.34. The fourth-order valence-electron chi connectivity index (χ4n) is 2.05. The smallest absolute Gasteiger partial charge is 0.246 e. The molecule has 20 heavy (non-hydrogen) atoms. The van der Waals surface area contributed by atoms with Gasteiger partial charge in [-0.1, -0.05) is 17.7 Å². The Labute approximate surface area is 123 Å². The van der Waals surface area contributed by atoms with Gasteiger partial charge in [0.15, 0.2) is 0 Å². The van der Waals surface area contributed by atoms with E-state index in [0.717, 1.165) is 16.8 Å². The van der Waals surface area contributed by atoms with Crippen LogP contribution in [0.4, 0.5) is 5.69 Å². The fourth-order valence-corrected chi connectivity index (χ4v) is 2.16. The van der Waals surface area contributed by atoms with Crippen LogP contribution < -0.4 is 4.90 Å². The van der Waals surface area contributed by atoms with Crippen LogP contribution in [0, 0.1) is 13.8 Å². The summed E-state index contributed by atoms with van der Waals surface area (Å²) in [5, 5.41) is 6.91. The van der Waals surface area contributed by atoms with Gasteiger partial charge in [-0.2, -0.15) is 0 Å². The van der Waals surface area contributed by atoms with E-state index in [1.54, 1.807) is 29.0 Å². The number of rotatable bonds is 4. The highest BCUT2D eigenvalue weighted by molar-refractivity contribution is 6.32. The van der Waals surface area contributed by atoms with E-state index in [0.29, 0.717) is 6.67 Å². The highest BCUT2D eigenvalue weighted by atomic mass is 35.5. The third kappa shape index (κ3) is 3.17. The van der Waals surface area contributed by atoms with E-state index in [9.17, 15) is 4.79 Å². The molecule has 1 aromatic heterocycles. The van der Waals surface area contributed by atoms with E-state index in [-0.39, 0.29) is 5.91 Å². The molecule has 0 radical (unpaired) electrons. The summed E-state index contributed by atoms with van der Waals surface area (Å²) in [4.78, 5) is 14.0. The topological polar surface area (TPSA) is 51.0 Å². The van der Waals surface area contributed by atoms with Gasteiger partial charge in [0, 0.05) is 5.69 Å². The number of carbonyl (C=O) groups excluding carboxylic acids is 1. The van der Waals surface area contributed by atoms with Crippen molar-refractivity contribution in [3.63, 3.8) is 0 Å². The van der Waals surface area contributed by atoms with Crippen molar-refractivity contribution < 1.29 is 4.79 Å². The molecular weight excluding hydrogens is 276 g/mol. The summed E-state index contributed by atoms with van der Waals surface area (Å²) in [5.74, 6) is -0.146. The lowest BCUT2D eigenvalue weighted by Crippen LogP contribution is -2.37. The molecule has 0 saturated heterocycles. The lowest BCUT2D eigenvalue weighted by atomic mass is 10.1. The van der Waals surface area contributed by atoms with Crippen LogP contribution in [0.15, 0.2) is 30.9 Å². The van der Waals surface area contributed by atoms with Crippen LogP contribution in [-0.2, 0) is 11.5 Å². The Balaban J connectivity index is 2.37. The third-order valence-corrected chi connectivity index (χ3v) is 3.21. The second-order valence-electron chi connectivity index (χ2n) is 4.79. The molecule has 1 amide bonds. The Hall–Kier alpha value is -1.88. The highest BCUT2D eigenvalue weighted by Crippen LogP contribution is 2.23. The maximum atomic E-state index is 12.3. The number of aryl methyl sites for hydroxylation is 2. The quantitative estimate of drug-likeness (QED) is 0.814. The van der Waals surface area contributed by atoms with Crippen molar-refractivity contribution in [3.8, 4) is 0 Å². The summed E-state index contributed by atoms with van der Waals surface area (Å²) >= 11 is 5.96. The molecule has 0 bridgehead atoms. The molecule has 106 valence electrons. The lowest BCUT2D eigenvalue weighted by molar-refractivity contribution is -0.118. The number of nitrogens with zero attached hydrogens (tertiary/aromatic N) is 4. The van der Waals surface area contributed by atoms with Gasteiger partial charge in [0.2, 0.25) is 5.91 Å². The van der Waals surface area contributed by atoms with Gasteiger partial charge in [-0.25, -0.2) is 0 Å². The van der Waals surface area contributed by atoms with Crippen LogP contribution in [0.1, 0.15) is 18.1 Å². The second kappa shape index (κ2) is 6.05. The van der Waals surface area contributed by atoms with Crippen molar-refractivity contribution >= 4 is 23.2 Å². The molecule has 0 aliphatic rings. The zero-order valence-electron chi connectivity index (χ0n) is 11.7. The number of halogens is 1. The van der Waals surface area contributed by atoms with Crippen molar-refractivity contribution in [1.29, 1.82) is 0 Å². The van der Waals surface area contributed by atoms with Gasteiger partial charge in [0.05, 0.1) is 0 Å². The molecule has 1 atom stereocenters. The Morgan fingerprint density at radius 1 is 1.35 bits per heavy atom. The van der Waals surface area contributed by atoms with Gasteiger partial charge in [0.1, 0.15) is 24.7 Å². The first-order valence-corrected chi connectivity index (χ1v) is 6.78. The van der Waals surface area contributed by atoms with Gasteiger partial charge >= 0.3 is 0 Å². The van der Waals surface area contributed by atoms with Crippen molar-refractivity contribution in [3.05, 3.63) is 42.0 Å². The van der Waals surface area contributed by atoms with Gasteiger partial charge in [0.25, 0.3) is 0 Å². The Morgan fingerprint density at radius 3 is 2.55 bits per heavy atom. The molecule has 0 spiro atoms. The largest absolute Gasteiger partial charge is 0.301 e. The molecular formula is C14H17ClN4O. The van der Waals surface area contributed by atoms with Crippen molar-refractivity contribution in [2.24, 2.45) is 0 Å². The summed E-state index contributed by atoms with van der Waals surface area (Å²) in [5.41, 5.74) is 3.03. The maximum Gasteiger partial charge on any atom is 0.246 e. The zero-order valence-corrected chi connectivity index (χ0v) is 12.5. The van der Waals surface area contributed by atoms with Gasteiger partial charge in [-0.15, -0.1) is 21.8 Å². The van der Waals surface area contributed by atoms with Crippen LogP contribution in [0.25, 0.3) is 0 Å². The number of aromatic nitrogens is 3. The normalized spacial score (nSPS) is 12.2. The van der Waals surface area contributed by atoms with E-state index in [4.69, 9.17) is 11.6 Å². The molecule has 0 aliphatic heterocycles. The van der Waals surface area contributed by atoms with E-state index in [1.807, 2.05) is 32.0 Å². The van der Waals surface area contributed by atoms with Crippen LogP contribution in [0.3, 0.4) is 0 Å². The lowest BCUT2D eigenvalue weighted by Gasteiger charge is -2.26. The SMILES string of the molecule is Cc1ccc(N(Cn2cnnc2)C(=O)C(C)Cl)c(C)c1. The van der Waals surface area contributed by atoms with Crippen LogP contribution in [0.2, 0.25) is 0 Å². The number of carbonyl (C=O) groups is 1. The average molecular weight is 293 g/mol. The van der Waals surface area contributed by atoms with Crippen LogP contribution in [-0.4, -0.2) is 26.0 Å². The Kier molecular flexibility index (Phi) is 4.39. The number of amides is 1. The molecule has 2 aromatic rings. The van der Waals surface area contributed by atoms with Crippen molar-refractivity contribution in [2.45, 2.75) is 32.8 Å². The summed E-state index contributed by atoms with van der Waals surface area (Å²) < 4.78 is 1.73. The van der Waals surface area contributed by atoms with Gasteiger partial charge in [-0.05, 0) is 32.4 Å². The molecule has 0 N–H and O–H groups in total. The Bertz CT molecular complexity index is 595. The van der Waals surface area contributed by atoms with E-state index < -0.39 is 5.38 Å². The van der Waals surface area contributed by atoms with E-state index in [1.165, 1.54) is 0 Å². The highest BCUT2D eigenvalue weighted by Gasteiger charge is 2.22. The second-order valence-corrected chi connectivity index (χ2v) is 5.44. The molecule has 6 heteroatoms. The molecule has 0 fully saturated rings. The van der Waals surface area contributed by atoms with Crippen LogP contribution in [0.5, 0.6) is 0 Å². The minimum atomic E-state index is -0.591. The van der Waals surface area contributed by atoms with Crippen LogP contribution >= 0.6 is 11.6 Å². The molecule has 5 nitrogen and oxygen atoms in total. The molecule has 1 unspecified atom stereocenters. The number of hydrogen-bond donors (Lipinski definition) is 0. The van der Waals surface area contributed by atoms with Gasteiger partial charge in [-0.3, -0.25) is 9.69 Å². The molecule has 2 rings (SSSR count). The third-order valence-electron chi connectivity index (χ3n) is 3.02.